The number of rotatable bonds is 3. The maximum Gasteiger partial charge on any atom is 0.338 e. The van der Waals surface area contributed by atoms with Gasteiger partial charge in [-0.05, 0) is 45.4 Å². The summed E-state index contributed by atoms with van der Waals surface area (Å²) in [4.78, 5) is 38.5. The number of nitrogens with one attached hydrogen (secondary N) is 1. The molecule has 1 heterocycles. The van der Waals surface area contributed by atoms with Gasteiger partial charge in [-0.15, -0.1) is 0 Å². The summed E-state index contributed by atoms with van der Waals surface area (Å²) in [5.74, 6) is -2.57. The second-order valence-corrected chi connectivity index (χ2v) is 7.79. The third-order valence-electron chi connectivity index (χ3n) is 4.49. The minimum Gasteiger partial charge on any atom is -0.468 e. The lowest BCUT2D eigenvalue weighted by Gasteiger charge is -2.26. The van der Waals surface area contributed by atoms with E-state index in [9.17, 15) is 14.4 Å². The Morgan fingerprint density at radius 2 is 1.82 bits per heavy atom. The van der Waals surface area contributed by atoms with E-state index in [1.54, 1.807) is 18.2 Å². The van der Waals surface area contributed by atoms with E-state index in [1.807, 2.05) is 27.7 Å². The van der Waals surface area contributed by atoms with Gasteiger partial charge in [0.2, 0.25) is 5.43 Å². The molecule has 1 aliphatic rings. The van der Waals surface area contributed by atoms with Gasteiger partial charge in [0.05, 0.1) is 24.8 Å². The van der Waals surface area contributed by atoms with Gasteiger partial charge >= 0.3 is 11.9 Å². The summed E-state index contributed by atoms with van der Waals surface area (Å²) in [6, 6.07) is 5.20. The highest BCUT2D eigenvalue weighted by atomic mass is 16.5. The first-order chi connectivity index (χ1) is 13.1. The standard InChI is InChI=1S/C21H23NO6/c1-10-7-8-11-12(9-10)28-18-14(20(25)27-6)13(19(24)26-5)16(15(18)17(11)23)22-21(2,3)4/h7-9,13,22H,1-6H3. The number of methoxy groups -OCH3 is 2. The first kappa shape index (κ1) is 19.7. The van der Waals surface area contributed by atoms with Gasteiger partial charge < -0.3 is 19.2 Å². The number of hydrogen-bond donors (Lipinski definition) is 1. The van der Waals surface area contributed by atoms with Crippen LogP contribution in [-0.4, -0.2) is 31.7 Å². The Labute approximate surface area is 161 Å². The molecule has 0 saturated heterocycles. The predicted octanol–water partition coefficient (Wildman–Crippen LogP) is 0.724. The lowest BCUT2D eigenvalue weighted by Crippen LogP contribution is -2.45. The smallest absolute Gasteiger partial charge is 0.338 e. The van der Waals surface area contributed by atoms with Crippen LogP contribution in [0.5, 0.6) is 0 Å². The Hall–Kier alpha value is -3.09. The average molecular weight is 385 g/mol. The van der Waals surface area contributed by atoms with Crippen molar-refractivity contribution in [1.29, 1.82) is 0 Å². The molecule has 148 valence electrons. The Bertz CT molecular complexity index is 1170. The molecule has 1 aromatic heterocycles. The van der Waals surface area contributed by atoms with E-state index in [2.05, 4.69) is 5.32 Å². The molecule has 28 heavy (non-hydrogen) atoms. The first-order valence-corrected chi connectivity index (χ1v) is 8.85. The first-order valence-electron chi connectivity index (χ1n) is 8.85. The molecule has 0 radical (unpaired) electrons. The van der Waals surface area contributed by atoms with Crippen LogP contribution in [-0.2, 0) is 19.1 Å². The fraction of sp³-hybridized carbons (Fsp3) is 0.381. The van der Waals surface area contributed by atoms with Gasteiger partial charge in [0, 0.05) is 11.2 Å². The van der Waals surface area contributed by atoms with Crippen LogP contribution in [0.4, 0.5) is 0 Å². The van der Waals surface area contributed by atoms with E-state index < -0.39 is 23.4 Å². The topological polar surface area (TPSA) is 94.8 Å². The monoisotopic (exact) mass is 385 g/mol. The number of hydrogen-bond acceptors (Lipinski definition) is 7. The predicted molar refractivity (Wildman–Crippen MR) is 104 cm³/mol. The van der Waals surface area contributed by atoms with E-state index in [1.165, 1.54) is 14.2 Å². The minimum absolute atomic E-state index is 0.0390. The van der Waals surface area contributed by atoms with E-state index in [0.29, 0.717) is 11.0 Å². The zero-order chi connectivity index (χ0) is 20.8. The minimum atomic E-state index is -1.14. The molecular weight excluding hydrogens is 362 g/mol. The Kier molecular flexibility index (Phi) is 4.79. The zero-order valence-electron chi connectivity index (χ0n) is 16.8. The van der Waals surface area contributed by atoms with Crippen LogP contribution < -0.4 is 21.4 Å². The number of fused-ring (bicyclic) bond motifs is 2. The Balaban J connectivity index is 2.56. The van der Waals surface area contributed by atoms with E-state index in [4.69, 9.17) is 13.9 Å². The summed E-state index contributed by atoms with van der Waals surface area (Å²) in [5.41, 5.74) is 0.704. The van der Waals surface area contributed by atoms with Crippen molar-refractivity contribution in [3.05, 3.63) is 44.6 Å². The molecule has 0 aliphatic heterocycles. The summed E-state index contributed by atoms with van der Waals surface area (Å²) in [6.07, 6.45) is 0. The number of ether oxygens (including phenoxy) is 2. The number of carbonyl (C=O) groups is 2. The van der Waals surface area contributed by atoms with Crippen molar-refractivity contribution < 1.29 is 23.5 Å². The molecule has 0 saturated carbocycles. The maximum atomic E-state index is 13.3. The van der Waals surface area contributed by atoms with Crippen molar-refractivity contribution in [3.8, 4) is 0 Å². The highest BCUT2D eigenvalue weighted by Crippen LogP contribution is 2.27. The number of esters is 2. The Morgan fingerprint density at radius 3 is 2.39 bits per heavy atom. The van der Waals surface area contributed by atoms with Crippen molar-refractivity contribution in [2.75, 3.05) is 14.2 Å². The van der Waals surface area contributed by atoms with Crippen LogP contribution >= 0.6 is 0 Å². The summed E-state index contributed by atoms with van der Waals surface area (Å²) in [7, 11) is 2.44. The number of benzene rings is 1. The quantitative estimate of drug-likeness (QED) is 0.778. The van der Waals surface area contributed by atoms with Crippen LogP contribution in [0, 0.1) is 12.8 Å². The summed E-state index contributed by atoms with van der Waals surface area (Å²) < 4.78 is 15.8. The van der Waals surface area contributed by atoms with Crippen molar-refractivity contribution in [2.45, 2.75) is 33.2 Å². The molecule has 7 heteroatoms. The number of carbonyl (C=O) groups excluding carboxylic acids is 2. The molecule has 0 spiro atoms. The Morgan fingerprint density at radius 1 is 1.14 bits per heavy atom. The van der Waals surface area contributed by atoms with Crippen molar-refractivity contribution in [2.24, 2.45) is 5.92 Å². The molecule has 3 rings (SSSR count). The van der Waals surface area contributed by atoms with Crippen molar-refractivity contribution in [1.82, 2.24) is 5.32 Å². The normalized spacial score (nSPS) is 16.1. The van der Waals surface area contributed by atoms with Gasteiger partial charge in [-0.25, -0.2) is 4.79 Å². The molecule has 1 aromatic carbocycles. The molecule has 7 nitrogen and oxygen atoms in total. The lowest BCUT2D eigenvalue weighted by atomic mass is 9.97. The average Bonchev–Trinajstić information content (AvgIpc) is 2.92. The largest absolute Gasteiger partial charge is 0.468 e. The van der Waals surface area contributed by atoms with E-state index in [-0.39, 0.29) is 27.3 Å². The van der Waals surface area contributed by atoms with Crippen LogP contribution in [0.2, 0.25) is 0 Å². The fourth-order valence-corrected chi connectivity index (χ4v) is 3.37. The van der Waals surface area contributed by atoms with Crippen LogP contribution in [0.15, 0.2) is 27.4 Å². The maximum absolute atomic E-state index is 13.3. The molecule has 1 N–H and O–H groups in total. The van der Waals surface area contributed by atoms with Crippen LogP contribution in [0.1, 0.15) is 26.3 Å². The zero-order valence-corrected chi connectivity index (χ0v) is 16.8. The van der Waals surface area contributed by atoms with Gasteiger partial charge in [-0.2, -0.15) is 0 Å². The molecule has 1 unspecified atom stereocenters. The molecule has 1 atom stereocenters. The highest BCUT2D eigenvalue weighted by Gasteiger charge is 2.41. The van der Waals surface area contributed by atoms with Gasteiger partial charge in [0.1, 0.15) is 17.1 Å². The van der Waals surface area contributed by atoms with Gasteiger partial charge in [-0.3, -0.25) is 9.59 Å². The SMILES string of the molecule is COC(=O)C1=c2oc3cc(C)ccc3c(=O)c2=C(NC(C)(C)C)C1C(=O)OC. The van der Waals surface area contributed by atoms with Gasteiger partial charge in [-0.1, -0.05) is 6.07 Å². The number of aryl methyl sites for hydroxylation is 1. The highest BCUT2D eigenvalue weighted by molar-refractivity contribution is 6.19. The van der Waals surface area contributed by atoms with E-state index in [0.717, 1.165) is 5.56 Å². The molecule has 0 amide bonds. The second-order valence-electron chi connectivity index (χ2n) is 7.79. The molecule has 1 aliphatic carbocycles. The summed E-state index contributed by atoms with van der Waals surface area (Å²) >= 11 is 0. The second kappa shape index (κ2) is 6.82. The molecule has 0 bridgehead atoms. The van der Waals surface area contributed by atoms with Gasteiger partial charge in [0.15, 0.2) is 5.42 Å². The third kappa shape index (κ3) is 3.17. The van der Waals surface area contributed by atoms with Crippen molar-refractivity contribution >= 4 is 34.2 Å². The molecule has 2 aromatic rings. The fourth-order valence-electron chi connectivity index (χ4n) is 3.37. The summed E-state index contributed by atoms with van der Waals surface area (Å²) in [5, 5.41) is 3.72. The van der Waals surface area contributed by atoms with E-state index >= 15 is 0 Å². The molecular formula is C21H23NO6. The molecule has 0 fully saturated rings. The third-order valence-corrected chi connectivity index (χ3v) is 4.49. The lowest BCUT2D eigenvalue weighted by molar-refractivity contribution is -0.144. The van der Waals surface area contributed by atoms with Crippen LogP contribution in [0.3, 0.4) is 0 Å². The van der Waals surface area contributed by atoms with Crippen molar-refractivity contribution in [3.63, 3.8) is 0 Å². The van der Waals surface area contributed by atoms with Gasteiger partial charge in [0.25, 0.3) is 0 Å². The van der Waals surface area contributed by atoms with Crippen LogP contribution in [0.25, 0.3) is 22.2 Å². The summed E-state index contributed by atoms with van der Waals surface area (Å²) in [6.45, 7) is 7.52.